The molecule has 0 fully saturated rings. The molecule has 0 saturated carbocycles. The van der Waals surface area contributed by atoms with Gasteiger partial charge in [0.2, 0.25) is 6.54 Å². The Morgan fingerprint density at radius 2 is 1.15 bits per heavy atom. The maximum atomic E-state index is 10.7. The number of ether oxygens (including phenoxy) is 4. The molecule has 0 radical (unpaired) electrons. The van der Waals surface area contributed by atoms with E-state index >= 15 is 0 Å². The van der Waals surface area contributed by atoms with Crippen LogP contribution in [0.5, 0.6) is 11.5 Å². The van der Waals surface area contributed by atoms with Gasteiger partial charge in [0.15, 0.2) is 13.6 Å². The third-order valence-corrected chi connectivity index (χ3v) is 7.32. The highest BCUT2D eigenvalue weighted by Gasteiger charge is 2.40. The molecule has 2 aliphatic rings. The minimum absolute atomic E-state index is 0. The summed E-state index contributed by atoms with van der Waals surface area (Å²) < 4.78 is 32.8. The van der Waals surface area contributed by atoms with Crippen LogP contribution in [0.4, 0.5) is 0 Å². The van der Waals surface area contributed by atoms with Crippen LogP contribution in [0.2, 0.25) is 0 Å². The van der Waals surface area contributed by atoms with Gasteiger partial charge in [-0.1, -0.05) is 84.9 Å². The average molecular weight is 665 g/mol. The summed E-state index contributed by atoms with van der Waals surface area (Å²) in [5.74, 6) is 0.966. The lowest BCUT2D eigenvalue weighted by atomic mass is 9.78. The van der Waals surface area contributed by atoms with Crippen LogP contribution in [0.25, 0.3) is 0 Å². The Morgan fingerprint density at radius 1 is 0.702 bits per heavy atom. The molecular weight excluding hydrogens is 629 g/mol. The SMILES string of the molecule is Cl.NCC1OB(O)c2c(OCOCc3ccccc3)cccc21.O=[N+]([O-])CC1OB(O)c2c(OCOCc3ccccc3)cccc21. The van der Waals surface area contributed by atoms with Gasteiger partial charge in [0.05, 0.1) is 19.3 Å². The first-order valence-electron chi connectivity index (χ1n) is 14.7. The van der Waals surface area contributed by atoms with Crippen molar-refractivity contribution in [2.45, 2.75) is 25.4 Å². The van der Waals surface area contributed by atoms with Crippen molar-refractivity contribution < 1.29 is 43.2 Å². The molecule has 246 valence electrons. The van der Waals surface area contributed by atoms with Gasteiger partial charge in [-0.2, -0.15) is 0 Å². The second-order valence-electron chi connectivity index (χ2n) is 10.4. The van der Waals surface area contributed by atoms with Gasteiger partial charge in [0.1, 0.15) is 17.6 Å². The van der Waals surface area contributed by atoms with E-state index in [0.29, 0.717) is 47.7 Å². The minimum atomic E-state index is -1.24. The van der Waals surface area contributed by atoms with Gasteiger partial charge < -0.3 is 44.0 Å². The molecule has 0 spiro atoms. The van der Waals surface area contributed by atoms with Crippen molar-refractivity contribution in [3.63, 3.8) is 0 Å². The third kappa shape index (κ3) is 9.53. The highest BCUT2D eigenvalue weighted by molar-refractivity contribution is 6.63. The van der Waals surface area contributed by atoms with E-state index in [9.17, 15) is 20.2 Å². The smallest absolute Gasteiger partial charge is 0.468 e. The number of nitrogens with zero attached hydrogens (tertiary/aromatic N) is 1. The molecule has 47 heavy (non-hydrogen) atoms. The molecule has 2 atom stereocenters. The lowest BCUT2D eigenvalue weighted by molar-refractivity contribution is -0.490. The van der Waals surface area contributed by atoms with Crippen molar-refractivity contribution in [3.8, 4) is 11.5 Å². The molecule has 4 aromatic carbocycles. The van der Waals surface area contributed by atoms with E-state index in [-0.39, 0.29) is 32.1 Å². The van der Waals surface area contributed by atoms with Crippen LogP contribution in [0.3, 0.4) is 0 Å². The Hall–Kier alpha value is -3.98. The fraction of sp³-hybridized carbons (Fsp3) is 0.250. The van der Waals surface area contributed by atoms with Gasteiger partial charge >= 0.3 is 14.2 Å². The lowest BCUT2D eigenvalue weighted by Crippen LogP contribution is -2.30. The first kappa shape index (κ1) is 35.9. The van der Waals surface area contributed by atoms with Crippen LogP contribution in [0, 0.1) is 10.1 Å². The molecule has 2 heterocycles. The van der Waals surface area contributed by atoms with Crippen molar-refractivity contribution in [3.05, 3.63) is 129 Å². The van der Waals surface area contributed by atoms with Gasteiger partial charge in [-0.05, 0) is 34.4 Å². The van der Waals surface area contributed by atoms with Gasteiger partial charge in [-0.3, -0.25) is 10.1 Å². The van der Waals surface area contributed by atoms with E-state index in [4.69, 9.17) is 34.0 Å². The summed E-state index contributed by atoms with van der Waals surface area (Å²) in [5.41, 5.74) is 10.3. The minimum Gasteiger partial charge on any atom is -0.468 e. The summed E-state index contributed by atoms with van der Waals surface area (Å²) in [4.78, 5) is 10.2. The van der Waals surface area contributed by atoms with Crippen LogP contribution in [-0.2, 0) is 32.0 Å². The van der Waals surface area contributed by atoms with E-state index in [0.717, 1.165) is 16.7 Å². The molecule has 4 aromatic rings. The van der Waals surface area contributed by atoms with Gasteiger partial charge in [-0.15, -0.1) is 12.4 Å². The quantitative estimate of drug-likeness (QED) is 0.0633. The molecule has 4 N–H and O–H groups in total. The number of hydrogen-bond donors (Lipinski definition) is 3. The van der Waals surface area contributed by atoms with E-state index in [1.807, 2.05) is 72.8 Å². The molecule has 0 amide bonds. The Labute approximate surface area is 279 Å². The normalized spacial score (nSPS) is 16.0. The van der Waals surface area contributed by atoms with Crippen LogP contribution in [0.15, 0.2) is 97.1 Å². The number of rotatable bonds is 13. The van der Waals surface area contributed by atoms with Crippen molar-refractivity contribution in [2.24, 2.45) is 5.73 Å². The molecule has 0 bridgehead atoms. The molecule has 2 aliphatic heterocycles. The molecule has 15 heteroatoms. The molecule has 0 aliphatic carbocycles. The van der Waals surface area contributed by atoms with Crippen molar-refractivity contribution in [1.29, 1.82) is 0 Å². The van der Waals surface area contributed by atoms with E-state index in [1.165, 1.54) is 0 Å². The Bertz CT molecular complexity index is 1570. The summed E-state index contributed by atoms with van der Waals surface area (Å²) in [6, 6.07) is 30.1. The molecule has 0 saturated heterocycles. The predicted molar refractivity (Wildman–Crippen MR) is 177 cm³/mol. The van der Waals surface area contributed by atoms with Crippen LogP contribution >= 0.6 is 12.4 Å². The largest absolute Gasteiger partial charge is 0.496 e. The molecular formula is C32H35B2ClN2O10. The zero-order chi connectivity index (χ0) is 32.3. The molecule has 12 nitrogen and oxygen atoms in total. The standard InChI is InChI=1S/C16H16BNO6.C16H18BNO4.ClH/c19-17-16-13(15(24-17)9-18(20)21)7-4-8-14(16)23-11-22-10-12-5-2-1-3-6-12;18-9-15-13-7-4-8-14(16(13)17(19)22-15)21-11-20-10-12-5-2-1-3-6-12;/h1-8,15,19H,9-11H2;1-8,15,19H,9-11,18H2;1H. The monoisotopic (exact) mass is 664 g/mol. The maximum Gasteiger partial charge on any atom is 0.496 e. The van der Waals surface area contributed by atoms with Gasteiger partial charge in [0.25, 0.3) is 0 Å². The second-order valence-corrected chi connectivity index (χ2v) is 10.4. The van der Waals surface area contributed by atoms with Gasteiger partial charge in [-0.25, -0.2) is 0 Å². The predicted octanol–water partition coefficient (Wildman–Crippen LogP) is 2.65. The maximum absolute atomic E-state index is 10.7. The first-order valence-corrected chi connectivity index (χ1v) is 14.7. The number of halogens is 1. The number of nitro groups is 1. The van der Waals surface area contributed by atoms with Crippen LogP contribution < -0.4 is 26.1 Å². The van der Waals surface area contributed by atoms with E-state index < -0.39 is 31.8 Å². The second kappa shape index (κ2) is 17.8. The van der Waals surface area contributed by atoms with Crippen LogP contribution in [0.1, 0.15) is 34.5 Å². The van der Waals surface area contributed by atoms with E-state index in [2.05, 4.69) is 0 Å². The Kier molecular flexibility index (Phi) is 13.6. The molecule has 6 rings (SSSR count). The number of nitrogens with two attached hydrogens (primary N) is 1. The van der Waals surface area contributed by atoms with Crippen molar-refractivity contribution in [1.82, 2.24) is 0 Å². The topological polar surface area (TPSA) is 165 Å². The summed E-state index contributed by atoms with van der Waals surface area (Å²) in [6.45, 7) is 0.887. The zero-order valence-corrected chi connectivity index (χ0v) is 26.2. The van der Waals surface area contributed by atoms with Crippen molar-refractivity contribution >= 4 is 37.6 Å². The first-order chi connectivity index (χ1) is 22.4. The summed E-state index contributed by atoms with van der Waals surface area (Å²) >= 11 is 0. The Balaban J connectivity index is 0.000000209. The summed E-state index contributed by atoms with van der Waals surface area (Å²) in [5, 5.41) is 30.7. The fourth-order valence-electron chi connectivity index (χ4n) is 5.19. The Morgan fingerprint density at radius 3 is 1.60 bits per heavy atom. The highest BCUT2D eigenvalue weighted by atomic mass is 35.5. The lowest BCUT2D eigenvalue weighted by Gasteiger charge is -2.12. The molecule has 2 unspecified atom stereocenters. The number of hydrogen-bond acceptors (Lipinski definition) is 11. The summed E-state index contributed by atoms with van der Waals surface area (Å²) in [7, 11) is -2.25. The zero-order valence-electron chi connectivity index (χ0n) is 25.4. The van der Waals surface area contributed by atoms with Gasteiger partial charge in [0, 0.05) is 22.4 Å². The third-order valence-electron chi connectivity index (χ3n) is 7.32. The average Bonchev–Trinajstić information content (AvgIpc) is 3.58. The van der Waals surface area contributed by atoms with Crippen LogP contribution in [-0.4, -0.2) is 55.9 Å². The van der Waals surface area contributed by atoms with Crippen molar-refractivity contribution in [2.75, 3.05) is 26.7 Å². The van der Waals surface area contributed by atoms with E-state index in [1.54, 1.807) is 24.3 Å². The highest BCUT2D eigenvalue weighted by Crippen LogP contribution is 2.28. The molecule has 0 aromatic heterocycles. The number of fused-ring (bicyclic) bond motifs is 2. The fourth-order valence-corrected chi connectivity index (χ4v) is 5.19. The number of benzene rings is 4. The summed E-state index contributed by atoms with van der Waals surface area (Å²) in [6.07, 6.45) is -1.07.